The van der Waals surface area contributed by atoms with E-state index >= 15 is 0 Å². The molecular formula is C17H24N2O7S. The van der Waals surface area contributed by atoms with E-state index < -0.39 is 43.5 Å². The van der Waals surface area contributed by atoms with E-state index in [4.69, 9.17) is 4.74 Å². The van der Waals surface area contributed by atoms with E-state index in [0.29, 0.717) is 18.4 Å². The topological polar surface area (TPSA) is 144 Å². The summed E-state index contributed by atoms with van der Waals surface area (Å²) in [5.74, 6) is 0. The first kappa shape index (κ1) is 20.4. The number of nitrogens with one attached hydrogen (secondary N) is 1. The van der Waals surface area contributed by atoms with Gasteiger partial charge < -0.3 is 30.3 Å². The van der Waals surface area contributed by atoms with Crippen LogP contribution in [-0.4, -0.2) is 73.0 Å². The summed E-state index contributed by atoms with van der Waals surface area (Å²) in [5, 5.41) is 52.1. The fraction of sp³-hybridized carbons (Fsp3) is 0.588. The molecule has 2 heterocycles. The monoisotopic (exact) mass is 400 g/mol. The fourth-order valence-corrected chi connectivity index (χ4v) is 4.14. The highest BCUT2D eigenvalue weighted by atomic mass is 32.1. The number of rotatable bonds is 7. The van der Waals surface area contributed by atoms with Crippen molar-refractivity contribution >= 4 is 21.6 Å². The molecule has 1 aromatic carbocycles. The smallest absolute Gasteiger partial charge is 0.268 e. The Balaban J connectivity index is 1.52. The van der Waals surface area contributed by atoms with Gasteiger partial charge in [-0.1, -0.05) is 23.7 Å². The highest BCUT2D eigenvalue weighted by Gasteiger charge is 2.43. The maximum Gasteiger partial charge on any atom is 0.268 e. The molecule has 0 aliphatic carbocycles. The predicted molar refractivity (Wildman–Crippen MR) is 98.2 cm³/mol. The average molecular weight is 400 g/mol. The van der Waals surface area contributed by atoms with Gasteiger partial charge in [0.2, 0.25) is 0 Å². The van der Waals surface area contributed by atoms with E-state index in [1.807, 2.05) is 18.2 Å². The highest BCUT2D eigenvalue weighted by Crippen LogP contribution is 2.20. The number of aliphatic hydroxyl groups is 5. The Bertz CT molecular complexity index is 808. The van der Waals surface area contributed by atoms with Crippen LogP contribution in [0.2, 0.25) is 0 Å². The Morgan fingerprint density at radius 3 is 2.63 bits per heavy atom. The molecule has 6 atom stereocenters. The molecule has 1 fully saturated rings. The lowest BCUT2D eigenvalue weighted by Gasteiger charge is -2.41. The van der Waals surface area contributed by atoms with E-state index in [-0.39, 0.29) is 12.0 Å². The van der Waals surface area contributed by atoms with Crippen LogP contribution in [0.4, 0.5) is 0 Å². The summed E-state index contributed by atoms with van der Waals surface area (Å²) in [6, 6.07) is 7.35. The van der Waals surface area contributed by atoms with Crippen LogP contribution in [-0.2, 0) is 11.3 Å². The SMILES string of the molecule is O=c1c2ccccc2sn1CCCC(O)NC1OC(CO)C(O)C(O)C1O. The van der Waals surface area contributed by atoms with Crippen molar-refractivity contribution in [2.75, 3.05) is 6.61 Å². The molecule has 1 aliphatic heterocycles. The number of aliphatic hydroxyl groups excluding tert-OH is 5. The van der Waals surface area contributed by atoms with Crippen molar-refractivity contribution in [3.63, 3.8) is 0 Å². The van der Waals surface area contributed by atoms with Crippen LogP contribution in [0.25, 0.3) is 10.1 Å². The maximum atomic E-state index is 12.3. The quantitative estimate of drug-likeness (QED) is 0.310. The van der Waals surface area contributed by atoms with Crippen LogP contribution in [0.3, 0.4) is 0 Å². The van der Waals surface area contributed by atoms with Crippen molar-refractivity contribution in [3.05, 3.63) is 34.6 Å². The van der Waals surface area contributed by atoms with Gasteiger partial charge >= 0.3 is 0 Å². The van der Waals surface area contributed by atoms with Crippen LogP contribution >= 0.6 is 11.5 Å². The van der Waals surface area contributed by atoms with Crippen molar-refractivity contribution < 1.29 is 30.3 Å². The van der Waals surface area contributed by atoms with Crippen LogP contribution in [0.5, 0.6) is 0 Å². The minimum atomic E-state index is -1.50. The van der Waals surface area contributed by atoms with Crippen molar-refractivity contribution in [3.8, 4) is 0 Å². The molecule has 1 saturated heterocycles. The first-order valence-corrected chi connectivity index (χ1v) is 9.53. The van der Waals surface area contributed by atoms with Gasteiger partial charge in [0.15, 0.2) is 0 Å². The number of aromatic nitrogens is 1. The van der Waals surface area contributed by atoms with Gasteiger partial charge in [-0.3, -0.25) is 14.1 Å². The lowest BCUT2D eigenvalue weighted by molar-refractivity contribution is -0.242. The average Bonchev–Trinajstić information content (AvgIpc) is 2.98. The van der Waals surface area contributed by atoms with E-state index in [1.54, 1.807) is 10.0 Å². The molecule has 0 bridgehead atoms. The summed E-state index contributed by atoms with van der Waals surface area (Å²) in [6.45, 7) is -0.0975. The third-order valence-corrected chi connectivity index (χ3v) is 5.76. The summed E-state index contributed by atoms with van der Waals surface area (Å²) < 4.78 is 7.83. The molecule has 0 spiro atoms. The number of nitrogens with zero attached hydrogens (tertiary/aromatic N) is 1. The predicted octanol–water partition coefficient (Wildman–Crippen LogP) is -1.45. The van der Waals surface area contributed by atoms with Gasteiger partial charge in [-0.15, -0.1) is 0 Å². The number of fused-ring (bicyclic) bond motifs is 1. The standard InChI is InChI=1S/C17H24N2O7S/c20-8-10-13(22)14(23)15(24)16(26-10)18-12(21)6-3-7-19-17(25)9-4-1-2-5-11(9)27-19/h1-2,4-5,10,12-16,18,20-24H,3,6-8H2. The zero-order valence-electron chi connectivity index (χ0n) is 14.5. The number of ether oxygens (including phenoxy) is 1. The van der Waals surface area contributed by atoms with Gasteiger partial charge in [-0.25, -0.2) is 0 Å². The van der Waals surface area contributed by atoms with E-state index in [2.05, 4.69) is 5.32 Å². The van der Waals surface area contributed by atoms with Gasteiger partial charge in [0.05, 0.1) is 16.7 Å². The molecular weight excluding hydrogens is 376 g/mol. The molecule has 1 aromatic heterocycles. The zero-order chi connectivity index (χ0) is 19.6. The minimum Gasteiger partial charge on any atom is -0.394 e. The van der Waals surface area contributed by atoms with Crippen molar-refractivity contribution in [1.82, 2.24) is 9.27 Å². The lowest BCUT2D eigenvalue weighted by atomic mass is 9.98. The molecule has 2 aromatic rings. The molecule has 27 heavy (non-hydrogen) atoms. The van der Waals surface area contributed by atoms with Crippen LogP contribution in [0, 0.1) is 0 Å². The number of aryl methyl sites for hydroxylation is 1. The summed E-state index contributed by atoms with van der Waals surface area (Å²) in [5.41, 5.74) is -0.0630. The van der Waals surface area contributed by atoms with Crippen molar-refractivity contribution in [2.45, 2.75) is 56.3 Å². The second-order valence-corrected chi connectivity index (χ2v) is 7.63. The molecule has 0 radical (unpaired) electrons. The Kier molecular flexibility index (Phi) is 6.61. The van der Waals surface area contributed by atoms with Crippen LogP contribution in [0.1, 0.15) is 12.8 Å². The molecule has 1 aliphatic rings. The van der Waals surface area contributed by atoms with Crippen LogP contribution in [0.15, 0.2) is 29.1 Å². The molecule has 0 amide bonds. The summed E-state index contributed by atoms with van der Waals surface area (Å²) in [6.07, 6.45) is -6.86. The van der Waals surface area contributed by atoms with Gasteiger partial charge in [0, 0.05) is 6.54 Å². The zero-order valence-corrected chi connectivity index (χ0v) is 15.3. The van der Waals surface area contributed by atoms with Gasteiger partial charge in [0.1, 0.15) is 36.9 Å². The van der Waals surface area contributed by atoms with Gasteiger partial charge in [-0.2, -0.15) is 0 Å². The Labute approximate surface area is 159 Å². The third kappa shape index (κ3) is 4.39. The van der Waals surface area contributed by atoms with Crippen molar-refractivity contribution in [1.29, 1.82) is 0 Å². The number of benzene rings is 1. The molecule has 6 N–H and O–H groups in total. The maximum absolute atomic E-state index is 12.3. The van der Waals surface area contributed by atoms with Crippen molar-refractivity contribution in [2.24, 2.45) is 0 Å². The summed E-state index contributed by atoms with van der Waals surface area (Å²) in [4.78, 5) is 12.3. The Morgan fingerprint density at radius 1 is 1.19 bits per heavy atom. The van der Waals surface area contributed by atoms with Gasteiger partial charge in [0.25, 0.3) is 5.56 Å². The Hall–Kier alpha value is -1.37. The van der Waals surface area contributed by atoms with E-state index in [0.717, 1.165) is 4.70 Å². The summed E-state index contributed by atoms with van der Waals surface area (Å²) in [7, 11) is 0. The Morgan fingerprint density at radius 2 is 1.93 bits per heavy atom. The first-order valence-electron chi connectivity index (χ1n) is 8.76. The number of hydrogen-bond donors (Lipinski definition) is 6. The second kappa shape index (κ2) is 8.76. The van der Waals surface area contributed by atoms with Crippen LogP contribution < -0.4 is 10.9 Å². The molecule has 10 heteroatoms. The van der Waals surface area contributed by atoms with Gasteiger partial charge in [-0.05, 0) is 25.0 Å². The second-order valence-electron chi connectivity index (χ2n) is 6.57. The van der Waals surface area contributed by atoms with E-state index in [9.17, 15) is 30.3 Å². The number of hydrogen-bond acceptors (Lipinski definition) is 9. The molecule has 9 nitrogen and oxygen atoms in total. The molecule has 3 rings (SSSR count). The lowest BCUT2D eigenvalue weighted by Crippen LogP contribution is -2.63. The van der Waals surface area contributed by atoms with E-state index in [1.165, 1.54) is 11.5 Å². The first-order chi connectivity index (χ1) is 12.9. The molecule has 0 saturated carbocycles. The molecule has 6 unspecified atom stereocenters. The highest BCUT2D eigenvalue weighted by molar-refractivity contribution is 7.13. The fourth-order valence-electron chi connectivity index (χ4n) is 3.11. The largest absolute Gasteiger partial charge is 0.394 e. The summed E-state index contributed by atoms with van der Waals surface area (Å²) >= 11 is 1.36. The minimum absolute atomic E-state index is 0.0630. The third-order valence-electron chi connectivity index (χ3n) is 4.64. The normalized spacial score (nSPS) is 29.9. The molecule has 150 valence electrons.